The van der Waals surface area contributed by atoms with E-state index in [1.807, 2.05) is 12.1 Å². The molecule has 224 valence electrons. The van der Waals surface area contributed by atoms with Crippen molar-refractivity contribution < 1.29 is 45.8 Å². The van der Waals surface area contributed by atoms with E-state index in [0.717, 1.165) is 21.9 Å². The molecule has 0 bridgehead atoms. The van der Waals surface area contributed by atoms with E-state index >= 15 is 0 Å². The zero-order valence-electron chi connectivity index (χ0n) is 22.4. The molecule has 0 heterocycles. The van der Waals surface area contributed by atoms with Crippen molar-refractivity contribution in [3.63, 3.8) is 0 Å². The Morgan fingerprint density at radius 2 is 1.36 bits per heavy atom. The van der Waals surface area contributed by atoms with Gasteiger partial charge in [-0.3, -0.25) is 4.21 Å². The second-order valence-electron chi connectivity index (χ2n) is 9.68. The molecule has 0 saturated carbocycles. The molecule has 0 spiro atoms. The van der Waals surface area contributed by atoms with E-state index < -0.39 is 35.7 Å². The lowest BCUT2D eigenvalue weighted by molar-refractivity contribution is -0.284. The van der Waals surface area contributed by atoms with E-state index in [9.17, 15) is 36.4 Å². The molecule has 42 heavy (non-hydrogen) atoms. The second-order valence-corrected chi connectivity index (χ2v) is 11.4. The maximum Gasteiger partial charge on any atom is 0.453 e. The van der Waals surface area contributed by atoms with Gasteiger partial charge in [-0.15, -0.1) is 0 Å². The summed E-state index contributed by atoms with van der Waals surface area (Å²) in [5.74, 6) is -2.83. The fraction of sp³-hybridized carbons (Fsp3) is 0.290. The zero-order chi connectivity index (χ0) is 30.3. The first-order chi connectivity index (χ1) is 19.9. The molecule has 0 aliphatic carbocycles. The van der Waals surface area contributed by atoms with Gasteiger partial charge in [0, 0.05) is 39.7 Å². The van der Waals surface area contributed by atoms with Gasteiger partial charge in [-0.05, 0) is 90.9 Å². The van der Waals surface area contributed by atoms with Gasteiger partial charge in [-0.25, -0.2) is 0 Å². The SMILES string of the molecule is O=S(CCCCOc1ccc(Oc2c(-c3ccc(O)cc3)ccc3cc(O)ccc23)cc1)CCCC(F)(F)C(F)(F)F. The van der Waals surface area contributed by atoms with Crippen LogP contribution in [-0.4, -0.2) is 44.6 Å². The minimum Gasteiger partial charge on any atom is -0.508 e. The van der Waals surface area contributed by atoms with Gasteiger partial charge in [0.15, 0.2) is 0 Å². The quantitative estimate of drug-likeness (QED) is 0.117. The number of aromatic hydroxyl groups is 2. The summed E-state index contributed by atoms with van der Waals surface area (Å²) >= 11 is 0. The minimum absolute atomic E-state index is 0.129. The minimum atomic E-state index is -5.59. The van der Waals surface area contributed by atoms with Crippen LogP contribution in [0.1, 0.15) is 25.7 Å². The molecule has 4 aromatic rings. The van der Waals surface area contributed by atoms with E-state index in [1.54, 1.807) is 66.7 Å². The van der Waals surface area contributed by atoms with Crippen LogP contribution < -0.4 is 9.47 Å². The van der Waals surface area contributed by atoms with E-state index in [0.29, 0.717) is 36.7 Å². The first-order valence-corrected chi connectivity index (χ1v) is 14.7. The average molecular weight is 609 g/mol. The average Bonchev–Trinajstić information content (AvgIpc) is 2.93. The lowest BCUT2D eigenvalue weighted by Gasteiger charge is -2.19. The van der Waals surface area contributed by atoms with Crippen LogP contribution in [0.25, 0.3) is 21.9 Å². The number of phenolic OH excluding ortho intramolecular Hbond substituents is 2. The first kappa shape index (κ1) is 31.1. The standard InChI is InChI=1S/C31H29F5O5S/c32-30(33,31(34,35)36)16-3-19-42(39)18-2-1-17-40-25-10-12-26(13-11-25)41-29-27(21-4-7-23(37)8-5-21)14-6-22-20-24(38)9-15-28(22)29/h4-15,20,37-38H,1-3,16-19H2. The van der Waals surface area contributed by atoms with Gasteiger partial charge >= 0.3 is 12.1 Å². The Labute approximate surface area is 242 Å². The predicted molar refractivity (Wildman–Crippen MR) is 152 cm³/mol. The van der Waals surface area contributed by atoms with Crippen LogP contribution in [0.4, 0.5) is 22.0 Å². The van der Waals surface area contributed by atoms with Crippen LogP contribution in [0.5, 0.6) is 28.7 Å². The molecule has 0 aliphatic heterocycles. The van der Waals surface area contributed by atoms with Gasteiger partial charge in [-0.2, -0.15) is 22.0 Å². The Morgan fingerprint density at radius 3 is 2.05 bits per heavy atom. The highest BCUT2D eigenvalue weighted by Crippen LogP contribution is 2.41. The molecule has 5 nitrogen and oxygen atoms in total. The summed E-state index contributed by atoms with van der Waals surface area (Å²) in [5, 5.41) is 21.2. The topological polar surface area (TPSA) is 76.0 Å². The van der Waals surface area contributed by atoms with E-state index in [2.05, 4.69) is 0 Å². The molecule has 4 aromatic carbocycles. The number of phenols is 2. The highest BCUT2D eigenvalue weighted by molar-refractivity contribution is 7.84. The molecule has 11 heteroatoms. The summed E-state index contributed by atoms with van der Waals surface area (Å²) in [7, 11) is -1.48. The Hall–Kier alpha value is -3.86. The fourth-order valence-corrected chi connectivity index (χ4v) is 5.44. The van der Waals surface area contributed by atoms with Crippen molar-refractivity contribution in [1.82, 2.24) is 0 Å². The van der Waals surface area contributed by atoms with Gasteiger partial charge < -0.3 is 19.7 Å². The van der Waals surface area contributed by atoms with Gasteiger partial charge in [0.25, 0.3) is 0 Å². The number of halogens is 5. The number of benzene rings is 4. The molecule has 1 unspecified atom stereocenters. The Morgan fingerprint density at radius 1 is 0.714 bits per heavy atom. The fourth-order valence-electron chi connectivity index (χ4n) is 4.24. The Bertz CT molecular complexity index is 1510. The smallest absolute Gasteiger partial charge is 0.453 e. The van der Waals surface area contributed by atoms with Gasteiger partial charge in [0.2, 0.25) is 0 Å². The van der Waals surface area contributed by atoms with Crippen molar-refractivity contribution in [1.29, 1.82) is 0 Å². The summed E-state index contributed by atoms with van der Waals surface area (Å²) in [6, 6.07) is 22.4. The number of rotatable bonds is 13. The number of ether oxygens (including phenoxy) is 2. The highest BCUT2D eigenvalue weighted by atomic mass is 32.2. The normalized spacial score (nSPS) is 12.8. The van der Waals surface area contributed by atoms with Crippen LogP contribution in [0.15, 0.2) is 78.9 Å². The van der Waals surface area contributed by atoms with Crippen LogP contribution >= 0.6 is 0 Å². The lowest BCUT2D eigenvalue weighted by Crippen LogP contribution is -2.36. The number of fused-ring (bicyclic) bond motifs is 1. The Kier molecular flexibility index (Phi) is 9.93. The second kappa shape index (κ2) is 13.4. The molecule has 0 fully saturated rings. The van der Waals surface area contributed by atoms with Gasteiger partial charge in [0.05, 0.1) is 6.61 Å². The van der Waals surface area contributed by atoms with Gasteiger partial charge in [-0.1, -0.05) is 18.2 Å². The summed E-state index contributed by atoms with van der Waals surface area (Å²) in [4.78, 5) is 0. The Balaban J connectivity index is 1.30. The molecule has 4 rings (SSSR count). The molecular formula is C31H29F5O5S. The van der Waals surface area contributed by atoms with Crippen molar-refractivity contribution in [2.75, 3.05) is 18.1 Å². The van der Waals surface area contributed by atoms with Crippen LogP contribution in [0, 0.1) is 0 Å². The zero-order valence-corrected chi connectivity index (χ0v) is 23.2. The number of alkyl halides is 5. The molecular weight excluding hydrogens is 579 g/mol. The third kappa shape index (κ3) is 8.12. The third-order valence-corrected chi connectivity index (χ3v) is 7.98. The summed E-state index contributed by atoms with van der Waals surface area (Å²) in [6.07, 6.45) is -6.43. The summed E-state index contributed by atoms with van der Waals surface area (Å²) in [6.45, 7) is 0.307. The van der Waals surface area contributed by atoms with Crippen molar-refractivity contribution in [2.24, 2.45) is 0 Å². The van der Waals surface area contributed by atoms with Crippen molar-refractivity contribution in [2.45, 2.75) is 37.8 Å². The maximum atomic E-state index is 12.9. The molecule has 1 atom stereocenters. The molecule has 0 aromatic heterocycles. The molecule has 0 amide bonds. The number of hydrogen-bond donors (Lipinski definition) is 2. The van der Waals surface area contributed by atoms with Crippen molar-refractivity contribution in [3.8, 4) is 39.9 Å². The van der Waals surface area contributed by atoms with E-state index in [-0.39, 0.29) is 23.0 Å². The maximum absolute atomic E-state index is 12.9. The lowest BCUT2D eigenvalue weighted by atomic mass is 9.99. The van der Waals surface area contributed by atoms with Crippen LogP contribution in [0.2, 0.25) is 0 Å². The highest BCUT2D eigenvalue weighted by Gasteiger charge is 2.56. The molecule has 2 N–H and O–H groups in total. The van der Waals surface area contributed by atoms with E-state index in [4.69, 9.17) is 9.47 Å². The first-order valence-electron chi connectivity index (χ1n) is 13.2. The number of hydrogen-bond acceptors (Lipinski definition) is 5. The third-order valence-electron chi connectivity index (χ3n) is 6.49. The molecule has 0 aliphatic rings. The predicted octanol–water partition coefficient (Wildman–Crippen LogP) is 8.60. The number of unbranched alkanes of at least 4 members (excludes halogenated alkanes) is 1. The summed E-state index contributed by atoms with van der Waals surface area (Å²) in [5.41, 5.74) is 1.62. The largest absolute Gasteiger partial charge is 0.508 e. The van der Waals surface area contributed by atoms with E-state index in [1.165, 1.54) is 0 Å². The van der Waals surface area contributed by atoms with Crippen LogP contribution in [0.3, 0.4) is 0 Å². The molecule has 0 radical (unpaired) electrons. The van der Waals surface area contributed by atoms with Crippen molar-refractivity contribution in [3.05, 3.63) is 78.9 Å². The van der Waals surface area contributed by atoms with Crippen LogP contribution in [-0.2, 0) is 10.8 Å². The molecule has 0 saturated heterocycles. The van der Waals surface area contributed by atoms with Gasteiger partial charge in [0.1, 0.15) is 28.7 Å². The van der Waals surface area contributed by atoms with Crippen molar-refractivity contribution >= 4 is 21.6 Å². The summed E-state index contributed by atoms with van der Waals surface area (Å²) < 4.78 is 86.4. The monoisotopic (exact) mass is 608 g/mol.